The highest BCUT2D eigenvalue weighted by Gasteiger charge is 2.35. The van der Waals surface area contributed by atoms with Crippen LogP contribution in [0.5, 0.6) is 0 Å². The number of carbonyl (C=O) groups excluding carboxylic acids is 1. The Morgan fingerprint density at radius 3 is 2.24 bits per heavy atom. The van der Waals surface area contributed by atoms with Gasteiger partial charge in [-0.25, -0.2) is 0 Å². The molecule has 1 N–H and O–H groups in total. The van der Waals surface area contributed by atoms with E-state index in [9.17, 15) is 18.0 Å². The van der Waals surface area contributed by atoms with Gasteiger partial charge < -0.3 is 5.32 Å². The molecule has 7 heteroatoms. The predicted molar refractivity (Wildman–Crippen MR) is 60.2 cm³/mol. The summed E-state index contributed by atoms with van der Waals surface area (Å²) in [5.41, 5.74) is -5.41. The van der Waals surface area contributed by atoms with E-state index in [2.05, 4.69) is 5.32 Å². The zero-order valence-electron chi connectivity index (χ0n) is 9.73. The molecular weight excluding hydrogens is 253 g/mol. The number of rotatable bonds is 6. The summed E-state index contributed by atoms with van der Waals surface area (Å²) >= 11 is -0.189. The molecule has 0 rings (SSSR count). The Morgan fingerprint density at radius 1 is 1.35 bits per heavy atom. The van der Waals surface area contributed by atoms with E-state index in [1.807, 2.05) is 6.07 Å². The van der Waals surface area contributed by atoms with Gasteiger partial charge >= 0.3 is 5.51 Å². The minimum absolute atomic E-state index is 0.0908. The number of thioether (sulfide) groups is 1. The molecule has 0 saturated carbocycles. The minimum Gasteiger partial charge on any atom is -0.354 e. The third kappa shape index (κ3) is 5.31. The van der Waals surface area contributed by atoms with Gasteiger partial charge in [-0.3, -0.25) is 4.79 Å². The maximum absolute atomic E-state index is 11.8. The van der Waals surface area contributed by atoms with Crippen molar-refractivity contribution in [3.8, 4) is 6.07 Å². The molecule has 0 atom stereocenters. The molecule has 98 valence electrons. The van der Waals surface area contributed by atoms with Crippen LogP contribution < -0.4 is 5.32 Å². The van der Waals surface area contributed by atoms with Gasteiger partial charge in [-0.1, -0.05) is 13.8 Å². The molecule has 0 spiro atoms. The van der Waals surface area contributed by atoms with E-state index in [-0.39, 0.29) is 24.1 Å². The summed E-state index contributed by atoms with van der Waals surface area (Å²) in [6.45, 7) is 3.32. The SMILES string of the molecule is CCC(C#N)(CC)C(=O)NCCSC(F)(F)F. The first kappa shape index (κ1) is 16.1. The van der Waals surface area contributed by atoms with Gasteiger partial charge in [0.15, 0.2) is 0 Å². The zero-order valence-corrected chi connectivity index (χ0v) is 10.5. The highest BCUT2D eigenvalue weighted by Crippen LogP contribution is 2.29. The van der Waals surface area contributed by atoms with Crippen molar-refractivity contribution < 1.29 is 18.0 Å². The van der Waals surface area contributed by atoms with E-state index >= 15 is 0 Å². The van der Waals surface area contributed by atoms with Crippen molar-refractivity contribution in [2.24, 2.45) is 5.41 Å². The predicted octanol–water partition coefficient (Wildman–Crippen LogP) is 2.69. The molecule has 1 amide bonds. The quantitative estimate of drug-likeness (QED) is 0.753. The molecule has 0 aliphatic heterocycles. The van der Waals surface area contributed by atoms with Gasteiger partial charge in [-0.05, 0) is 24.6 Å². The van der Waals surface area contributed by atoms with Gasteiger partial charge in [0.05, 0.1) is 6.07 Å². The number of halogens is 3. The second-order valence-corrected chi connectivity index (χ2v) is 4.61. The Kier molecular flexibility index (Phi) is 6.39. The van der Waals surface area contributed by atoms with E-state index in [1.165, 1.54) is 0 Å². The van der Waals surface area contributed by atoms with Gasteiger partial charge in [0.2, 0.25) is 5.91 Å². The van der Waals surface area contributed by atoms with Crippen LogP contribution in [0.2, 0.25) is 0 Å². The molecule has 0 radical (unpaired) electrons. The molecule has 0 bridgehead atoms. The Morgan fingerprint density at radius 2 is 1.88 bits per heavy atom. The van der Waals surface area contributed by atoms with Crippen LogP contribution in [-0.4, -0.2) is 23.7 Å². The summed E-state index contributed by atoms with van der Waals surface area (Å²) in [6.07, 6.45) is 0.691. The number of hydrogen-bond acceptors (Lipinski definition) is 3. The molecule has 0 aromatic heterocycles. The Balaban J connectivity index is 4.14. The zero-order chi connectivity index (χ0) is 13.5. The van der Waals surface area contributed by atoms with E-state index in [4.69, 9.17) is 5.26 Å². The van der Waals surface area contributed by atoms with Crippen molar-refractivity contribution >= 4 is 17.7 Å². The van der Waals surface area contributed by atoms with Gasteiger partial charge in [0.1, 0.15) is 5.41 Å². The average molecular weight is 268 g/mol. The van der Waals surface area contributed by atoms with Crippen LogP contribution in [0, 0.1) is 16.7 Å². The van der Waals surface area contributed by atoms with Crippen molar-refractivity contribution in [1.82, 2.24) is 5.32 Å². The van der Waals surface area contributed by atoms with Crippen molar-refractivity contribution in [2.75, 3.05) is 12.3 Å². The molecule has 0 aliphatic carbocycles. The number of nitrogens with one attached hydrogen (secondary N) is 1. The van der Waals surface area contributed by atoms with Crippen LogP contribution in [0.3, 0.4) is 0 Å². The normalized spacial score (nSPS) is 12.0. The third-order valence-electron chi connectivity index (χ3n) is 2.51. The Bertz CT molecular complexity index is 295. The first-order valence-electron chi connectivity index (χ1n) is 5.21. The molecule has 0 aromatic carbocycles. The summed E-state index contributed by atoms with van der Waals surface area (Å²) in [4.78, 5) is 11.7. The van der Waals surface area contributed by atoms with Crippen molar-refractivity contribution in [2.45, 2.75) is 32.2 Å². The van der Waals surface area contributed by atoms with Gasteiger partial charge in [-0.15, -0.1) is 0 Å². The highest BCUT2D eigenvalue weighted by molar-refractivity contribution is 8.00. The first-order valence-corrected chi connectivity index (χ1v) is 6.20. The maximum atomic E-state index is 11.8. The fourth-order valence-corrected chi connectivity index (χ4v) is 1.72. The number of alkyl halides is 3. The number of hydrogen-bond donors (Lipinski definition) is 1. The van der Waals surface area contributed by atoms with Crippen LogP contribution in [0.4, 0.5) is 13.2 Å². The van der Waals surface area contributed by atoms with E-state index in [1.54, 1.807) is 13.8 Å². The van der Waals surface area contributed by atoms with Crippen molar-refractivity contribution in [1.29, 1.82) is 5.26 Å². The lowest BCUT2D eigenvalue weighted by molar-refractivity contribution is -0.128. The van der Waals surface area contributed by atoms with Gasteiger partial charge in [0, 0.05) is 12.3 Å². The second-order valence-electron chi connectivity index (χ2n) is 3.45. The van der Waals surface area contributed by atoms with Crippen LogP contribution in [0.1, 0.15) is 26.7 Å². The highest BCUT2D eigenvalue weighted by atomic mass is 32.2. The molecular formula is C10H15F3N2OS. The first-order chi connectivity index (χ1) is 7.81. The Labute approximate surface area is 103 Å². The topological polar surface area (TPSA) is 52.9 Å². The third-order valence-corrected chi connectivity index (χ3v) is 3.24. The lowest BCUT2D eigenvalue weighted by Crippen LogP contribution is -2.40. The minimum atomic E-state index is -4.29. The van der Waals surface area contributed by atoms with Crippen LogP contribution in [0.25, 0.3) is 0 Å². The van der Waals surface area contributed by atoms with Gasteiger partial charge in [0.25, 0.3) is 0 Å². The average Bonchev–Trinajstić information content (AvgIpc) is 2.26. The molecule has 0 saturated heterocycles. The molecule has 3 nitrogen and oxygen atoms in total. The summed E-state index contributed by atoms with van der Waals surface area (Å²) in [5.74, 6) is -0.739. The monoisotopic (exact) mass is 268 g/mol. The number of nitrogens with zero attached hydrogens (tertiary/aromatic N) is 1. The summed E-state index contributed by atoms with van der Waals surface area (Å²) in [6, 6.07) is 1.93. The molecule has 0 aliphatic rings. The maximum Gasteiger partial charge on any atom is 0.441 e. The molecule has 0 aromatic rings. The molecule has 0 heterocycles. The number of nitriles is 1. The van der Waals surface area contributed by atoms with E-state index in [0.717, 1.165) is 0 Å². The fourth-order valence-electron chi connectivity index (χ4n) is 1.28. The van der Waals surface area contributed by atoms with Crippen molar-refractivity contribution in [3.63, 3.8) is 0 Å². The van der Waals surface area contributed by atoms with E-state index in [0.29, 0.717) is 12.8 Å². The smallest absolute Gasteiger partial charge is 0.354 e. The molecule has 0 unspecified atom stereocenters. The molecule has 17 heavy (non-hydrogen) atoms. The van der Waals surface area contributed by atoms with Crippen LogP contribution in [0.15, 0.2) is 0 Å². The number of amides is 1. The lowest BCUT2D eigenvalue weighted by Gasteiger charge is -2.22. The van der Waals surface area contributed by atoms with Gasteiger partial charge in [-0.2, -0.15) is 18.4 Å². The fraction of sp³-hybridized carbons (Fsp3) is 0.800. The standard InChI is InChI=1S/C10H15F3N2OS/c1-3-9(4-2,7-14)8(16)15-5-6-17-10(11,12)13/h3-6H2,1-2H3,(H,15,16). The number of carbonyl (C=O) groups is 1. The summed E-state index contributed by atoms with van der Waals surface area (Å²) < 4.78 is 35.4. The van der Waals surface area contributed by atoms with E-state index < -0.39 is 16.8 Å². The Hall–Kier alpha value is -0.900. The van der Waals surface area contributed by atoms with Crippen LogP contribution in [-0.2, 0) is 4.79 Å². The molecule has 0 fully saturated rings. The largest absolute Gasteiger partial charge is 0.441 e. The second kappa shape index (κ2) is 6.74. The summed E-state index contributed by atoms with van der Waals surface area (Å²) in [7, 11) is 0. The lowest BCUT2D eigenvalue weighted by atomic mass is 9.83. The summed E-state index contributed by atoms with van der Waals surface area (Å²) in [5, 5.41) is 11.3. The van der Waals surface area contributed by atoms with Crippen molar-refractivity contribution in [3.05, 3.63) is 0 Å². The van der Waals surface area contributed by atoms with Crippen LogP contribution >= 0.6 is 11.8 Å².